The van der Waals surface area contributed by atoms with Gasteiger partial charge in [0.1, 0.15) is 0 Å². The molecule has 0 radical (unpaired) electrons. The fourth-order valence-electron chi connectivity index (χ4n) is 5.09. The molecule has 0 saturated carbocycles. The van der Waals surface area contributed by atoms with Crippen molar-refractivity contribution in [2.75, 3.05) is 13.1 Å². The number of piperidine rings is 1. The Kier molecular flexibility index (Phi) is 4.00. The molecule has 2 atom stereocenters. The molecule has 0 unspecified atom stereocenters. The first kappa shape index (κ1) is 17.4. The number of carbonyl (C=O) groups is 1. The molecule has 3 aromatic rings. The van der Waals surface area contributed by atoms with Crippen molar-refractivity contribution in [3.05, 3.63) is 83.4 Å². The quantitative estimate of drug-likeness (QED) is 0.688. The highest BCUT2D eigenvalue weighted by atomic mass is 16.3. The van der Waals surface area contributed by atoms with E-state index in [2.05, 4.69) is 12.1 Å². The zero-order chi connectivity index (χ0) is 19.3. The Morgan fingerprint density at radius 1 is 0.964 bits per heavy atom. The van der Waals surface area contributed by atoms with Gasteiger partial charge in [0.15, 0.2) is 0 Å². The number of hydrogen-bond donors (Lipinski definition) is 2. The zero-order valence-electron chi connectivity index (χ0n) is 15.7. The molecular weight excluding hydrogens is 348 g/mol. The van der Waals surface area contributed by atoms with Crippen LogP contribution in [0.15, 0.2) is 66.7 Å². The summed E-state index contributed by atoms with van der Waals surface area (Å²) < 4.78 is 0. The van der Waals surface area contributed by atoms with Gasteiger partial charge in [0.25, 0.3) is 5.91 Å². The lowest BCUT2D eigenvalue weighted by atomic mass is 9.72. The van der Waals surface area contributed by atoms with Gasteiger partial charge in [-0.3, -0.25) is 4.79 Å². The average Bonchev–Trinajstić information content (AvgIpc) is 2.96. The van der Waals surface area contributed by atoms with E-state index < -0.39 is 6.10 Å². The van der Waals surface area contributed by atoms with Crippen molar-refractivity contribution in [3.63, 3.8) is 0 Å². The van der Waals surface area contributed by atoms with Gasteiger partial charge in [0.05, 0.1) is 12.1 Å². The van der Waals surface area contributed by atoms with Crippen LogP contribution in [0.5, 0.6) is 0 Å². The third kappa shape index (κ3) is 2.49. The van der Waals surface area contributed by atoms with Gasteiger partial charge in [0, 0.05) is 24.1 Å². The van der Waals surface area contributed by atoms with Crippen LogP contribution in [0.3, 0.4) is 0 Å². The Morgan fingerprint density at radius 2 is 1.64 bits per heavy atom. The van der Waals surface area contributed by atoms with E-state index in [1.54, 1.807) is 0 Å². The standard InChI is InChI=1S/C24H24N2O2/c25-21-19-7-3-4-8-20(19)24(22(21)27)11-13-26(14-12-24)23(28)18-10-9-16-5-1-2-6-17(16)15-18/h1-10,15,21-22,27H,11-14,25H2/t21-,22+/m0/s1. The Labute approximate surface area is 164 Å². The van der Waals surface area contributed by atoms with Crippen LogP contribution < -0.4 is 5.73 Å². The molecule has 1 aliphatic heterocycles. The number of nitrogens with zero attached hydrogens (tertiary/aromatic N) is 1. The Hall–Kier alpha value is -2.69. The predicted octanol–water partition coefficient (Wildman–Crippen LogP) is 3.39. The first-order valence-electron chi connectivity index (χ1n) is 9.91. The summed E-state index contributed by atoms with van der Waals surface area (Å²) in [5.74, 6) is 0.0608. The normalized spacial score (nSPS) is 23.1. The van der Waals surface area contributed by atoms with Gasteiger partial charge < -0.3 is 15.7 Å². The maximum absolute atomic E-state index is 13.1. The van der Waals surface area contributed by atoms with Gasteiger partial charge in [-0.25, -0.2) is 0 Å². The van der Waals surface area contributed by atoms with E-state index in [1.165, 1.54) is 0 Å². The van der Waals surface area contributed by atoms with Crippen molar-refractivity contribution >= 4 is 16.7 Å². The molecule has 1 aliphatic carbocycles. The molecule has 142 valence electrons. The molecule has 0 aromatic heterocycles. The van der Waals surface area contributed by atoms with Gasteiger partial charge in [-0.15, -0.1) is 0 Å². The summed E-state index contributed by atoms with van der Waals surface area (Å²) in [6.07, 6.45) is 0.874. The molecule has 4 nitrogen and oxygen atoms in total. The molecule has 3 aromatic carbocycles. The number of aliphatic hydroxyl groups is 1. The fraction of sp³-hybridized carbons (Fsp3) is 0.292. The molecule has 1 heterocycles. The summed E-state index contributed by atoms with van der Waals surface area (Å²) in [5, 5.41) is 13.1. The summed E-state index contributed by atoms with van der Waals surface area (Å²) >= 11 is 0. The molecule has 5 rings (SSSR count). The first-order chi connectivity index (χ1) is 13.6. The molecule has 1 amide bonds. The molecule has 28 heavy (non-hydrogen) atoms. The van der Waals surface area contributed by atoms with E-state index in [9.17, 15) is 9.90 Å². The minimum atomic E-state index is -0.595. The number of hydrogen-bond acceptors (Lipinski definition) is 3. The second kappa shape index (κ2) is 6.43. The van der Waals surface area contributed by atoms with E-state index in [1.807, 2.05) is 59.5 Å². The fourth-order valence-corrected chi connectivity index (χ4v) is 5.09. The van der Waals surface area contributed by atoms with Crippen LogP contribution in [0.1, 0.15) is 40.4 Å². The average molecular weight is 372 g/mol. The highest BCUT2D eigenvalue weighted by Crippen LogP contribution is 2.50. The second-order valence-electron chi connectivity index (χ2n) is 8.07. The second-order valence-corrected chi connectivity index (χ2v) is 8.07. The highest BCUT2D eigenvalue weighted by molar-refractivity contribution is 5.98. The predicted molar refractivity (Wildman–Crippen MR) is 110 cm³/mol. The molecule has 3 N–H and O–H groups in total. The van der Waals surface area contributed by atoms with Crippen LogP contribution in [0.2, 0.25) is 0 Å². The molecule has 1 saturated heterocycles. The number of fused-ring (bicyclic) bond motifs is 3. The number of nitrogens with two attached hydrogens (primary N) is 1. The van der Waals surface area contributed by atoms with Crippen LogP contribution in [0.25, 0.3) is 10.8 Å². The van der Waals surface area contributed by atoms with Crippen molar-refractivity contribution in [2.45, 2.75) is 30.4 Å². The summed E-state index contributed by atoms with van der Waals surface area (Å²) in [4.78, 5) is 15.0. The van der Waals surface area contributed by atoms with E-state index in [-0.39, 0.29) is 17.4 Å². The minimum Gasteiger partial charge on any atom is -0.390 e. The molecule has 0 bridgehead atoms. The third-order valence-electron chi connectivity index (χ3n) is 6.70. The van der Waals surface area contributed by atoms with E-state index in [0.29, 0.717) is 13.1 Å². The van der Waals surface area contributed by atoms with Crippen molar-refractivity contribution in [1.29, 1.82) is 0 Å². The summed E-state index contributed by atoms with van der Waals surface area (Å²) in [7, 11) is 0. The molecule has 4 heteroatoms. The zero-order valence-corrected chi connectivity index (χ0v) is 15.7. The number of amides is 1. The number of rotatable bonds is 1. The topological polar surface area (TPSA) is 66.6 Å². The maximum Gasteiger partial charge on any atom is 0.253 e. The van der Waals surface area contributed by atoms with Gasteiger partial charge in [0.2, 0.25) is 0 Å². The van der Waals surface area contributed by atoms with Gasteiger partial charge in [-0.2, -0.15) is 0 Å². The number of carbonyl (C=O) groups excluding carboxylic acids is 1. The van der Waals surface area contributed by atoms with Crippen molar-refractivity contribution in [3.8, 4) is 0 Å². The van der Waals surface area contributed by atoms with E-state index in [0.717, 1.165) is 40.3 Å². The Morgan fingerprint density at radius 3 is 2.43 bits per heavy atom. The minimum absolute atomic E-state index is 0.0608. The van der Waals surface area contributed by atoms with Crippen molar-refractivity contribution in [2.24, 2.45) is 5.73 Å². The summed E-state index contributed by atoms with van der Waals surface area (Å²) in [6, 6.07) is 21.7. The molecule has 2 aliphatic rings. The molecular formula is C24H24N2O2. The van der Waals surface area contributed by atoms with Crippen LogP contribution in [-0.4, -0.2) is 35.1 Å². The highest BCUT2D eigenvalue weighted by Gasteiger charge is 2.51. The van der Waals surface area contributed by atoms with E-state index >= 15 is 0 Å². The summed E-state index contributed by atoms with van der Waals surface area (Å²) in [6.45, 7) is 1.26. The van der Waals surface area contributed by atoms with Gasteiger partial charge >= 0.3 is 0 Å². The van der Waals surface area contributed by atoms with Gasteiger partial charge in [-0.05, 0) is 46.9 Å². The first-order valence-corrected chi connectivity index (χ1v) is 9.91. The number of likely N-dealkylation sites (tertiary alicyclic amines) is 1. The Bertz CT molecular complexity index is 1050. The number of aliphatic hydroxyl groups excluding tert-OH is 1. The largest absolute Gasteiger partial charge is 0.390 e. The van der Waals surface area contributed by atoms with Crippen LogP contribution in [0.4, 0.5) is 0 Å². The molecule has 1 fully saturated rings. The van der Waals surface area contributed by atoms with Crippen molar-refractivity contribution < 1.29 is 9.90 Å². The lowest BCUT2D eigenvalue weighted by Crippen LogP contribution is -2.50. The summed E-state index contributed by atoms with van der Waals surface area (Å²) in [5.41, 5.74) is 8.89. The lowest BCUT2D eigenvalue weighted by Gasteiger charge is -2.42. The lowest BCUT2D eigenvalue weighted by molar-refractivity contribution is 0.0262. The number of benzene rings is 3. The maximum atomic E-state index is 13.1. The Balaban J connectivity index is 1.39. The third-order valence-corrected chi connectivity index (χ3v) is 6.70. The van der Waals surface area contributed by atoms with E-state index in [4.69, 9.17) is 5.73 Å². The van der Waals surface area contributed by atoms with Crippen LogP contribution >= 0.6 is 0 Å². The van der Waals surface area contributed by atoms with Crippen molar-refractivity contribution in [1.82, 2.24) is 4.90 Å². The SMILES string of the molecule is N[C@H]1c2ccccc2C2(CCN(C(=O)c3ccc4ccccc4c3)CC2)[C@@H]1O. The molecule has 1 spiro atoms. The van der Waals surface area contributed by atoms with Crippen LogP contribution in [0, 0.1) is 0 Å². The van der Waals surface area contributed by atoms with Crippen LogP contribution in [-0.2, 0) is 5.41 Å². The monoisotopic (exact) mass is 372 g/mol. The smallest absolute Gasteiger partial charge is 0.253 e. The van der Waals surface area contributed by atoms with Gasteiger partial charge in [-0.1, -0.05) is 54.6 Å².